The fourth-order valence-electron chi connectivity index (χ4n) is 4.18. The van der Waals surface area contributed by atoms with Crippen LogP contribution in [-0.4, -0.2) is 30.2 Å². The minimum Gasteiger partial charge on any atom is -0.372 e. The van der Waals surface area contributed by atoms with E-state index in [1.54, 1.807) is 6.21 Å². The molecule has 1 aliphatic rings. The molecule has 154 valence electrons. The summed E-state index contributed by atoms with van der Waals surface area (Å²) in [7, 11) is 0. The van der Waals surface area contributed by atoms with Crippen molar-refractivity contribution in [2.45, 2.75) is 12.8 Å². The van der Waals surface area contributed by atoms with E-state index in [1.807, 2.05) is 66.7 Å². The summed E-state index contributed by atoms with van der Waals surface area (Å²) in [5.41, 5.74) is 8.18. The highest BCUT2D eigenvalue weighted by molar-refractivity contribution is 6.09. The number of amides is 1. The SMILES string of the molecule is O=C(N/N=C\c1ccc(N2CCCC2)cc1)c1[nH]c2ccccc2c1-c1ccccc1. The number of hydrogen-bond acceptors (Lipinski definition) is 3. The molecule has 31 heavy (non-hydrogen) atoms. The number of hydrazone groups is 1. The first-order valence-electron chi connectivity index (χ1n) is 10.6. The van der Waals surface area contributed by atoms with E-state index in [-0.39, 0.29) is 5.91 Å². The number of aromatic amines is 1. The van der Waals surface area contributed by atoms with Crippen molar-refractivity contribution in [2.24, 2.45) is 5.10 Å². The molecule has 1 fully saturated rings. The van der Waals surface area contributed by atoms with Crippen LogP contribution in [0.15, 0.2) is 84.0 Å². The monoisotopic (exact) mass is 408 g/mol. The number of fused-ring (bicyclic) bond motifs is 1. The molecule has 5 nitrogen and oxygen atoms in total. The van der Waals surface area contributed by atoms with Gasteiger partial charge in [-0.15, -0.1) is 0 Å². The number of anilines is 1. The Morgan fingerprint density at radius 2 is 1.61 bits per heavy atom. The van der Waals surface area contributed by atoms with Gasteiger partial charge in [0.1, 0.15) is 5.69 Å². The van der Waals surface area contributed by atoms with Crippen molar-refractivity contribution in [3.8, 4) is 11.1 Å². The Hall–Kier alpha value is -3.86. The molecule has 0 spiro atoms. The quantitative estimate of drug-likeness (QED) is 0.352. The van der Waals surface area contributed by atoms with Crippen molar-refractivity contribution < 1.29 is 4.79 Å². The van der Waals surface area contributed by atoms with E-state index in [1.165, 1.54) is 18.5 Å². The maximum absolute atomic E-state index is 13.0. The Labute approximate surface area is 181 Å². The van der Waals surface area contributed by atoms with Gasteiger partial charge in [0.15, 0.2) is 0 Å². The van der Waals surface area contributed by atoms with Crippen molar-refractivity contribution in [2.75, 3.05) is 18.0 Å². The van der Waals surface area contributed by atoms with Crippen LogP contribution in [0.2, 0.25) is 0 Å². The molecule has 5 heteroatoms. The number of H-pyrrole nitrogens is 1. The number of carbonyl (C=O) groups is 1. The number of hydrogen-bond donors (Lipinski definition) is 2. The molecule has 1 saturated heterocycles. The van der Waals surface area contributed by atoms with Crippen LogP contribution < -0.4 is 10.3 Å². The second-order valence-corrected chi connectivity index (χ2v) is 7.77. The van der Waals surface area contributed by atoms with Crippen LogP contribution in [0.4, 0.5) is 5.69 Å². The number of rotatable bonds is 5. The molecule has 0 unspecified atom stereocenters. The third kappa shape index (κ3) is 3.94. The summed E-state index contributed by atoms with van der Waals surface area (Å²) in [5, 5.41) is 5.21. The zero-order valence-corrected chi connectivity index (χ0v) is 17.2. The van der Waals surface area contributed by atoms with Gasteiger partial charge in [-0.2, -0.15) is 5.10 Å². The van der Waals surface area contributed by atoms with Crippen molar-refractivity contribution >= 4 is 28.7 Å². The highest BCUT2D eigenvalue weighted by atomic mass is 16.2. The summed E-state index contributed by atoms with van der Waals surface area (Å²) in [5.74, 6) is -0.264. The predicted molar refractivity (Wildman–Crippen MR) is 127 cm³/mol. The molecular weight excluding hydrogens is 384 g/mol. The summed E-state index contributed by atoms with van der Waals surface area (Å²) < 4.78 is 0. The molecule has 5 rings (SSSR count). The van der Waals surface area contributed by atoms with Gasteiger partial charge in [0, 0.05) is 35.2 Å². The molecule has 1 amide bonds. The number of para-hydroxylation sites is 1. The molecule has 0 radical (unpaired) electrons. The topological polar surface area (TPSA) is 60.5 Å². The van der Waals surface area contributed by atoms with Crippen LogP contribution in [0, 0.1) is 0 Å². The third-order valence-corrected chi connectivity index (χ3v) is 5.74. The molecule has 4 aromatic rings. The summed E-state index contributed by atoms with van der Waals surface area (Å²) in [6.07, 6.45) is 4.19. The van der Waals surface area contributed by atoms with Gasteiger partial charge in [-0.25, -0.2) is 5.43 Å². The molecule has 2 heterocycles. The van der Waals surface area contributed by atoms with Crippen molar-refractivity contribution in [1.29, 1.82) is 0 Å². The smallest absolute Gasteiger partial charge is 0.288 e. The molecule has 1 aromatic heterocycles. The van der Waals surface area contributed by atoms with Gasteiger partial charge in [0.05, 0.1) is 6.21 Å². The summed E-state index contributed by atoms with van der Waals surface area (Å²) in [4.78, 5) is 18.6. The van der Waals surface area contributed by atoms with Crippen molar-refractivity contribution in [3.63, 3.8) is 0 Å². The Balaban J connectivity index is 1.36. The van der Waals surface area contributed by atoms with E-state index in [9.17, 15) is 4.79 Å². The van der Waals surface area contributed by atoms with E-state index in [2.05, 4.69) is 32.5 Å². The Bertz CT molecular complexity index is 1220. The van der Waals surface area contributed by atoms with Crippen molar-refractivity contribution in [3.05, 3.63) is 90.1 Å². The maximum Gasteiger partial charge on any atom is 0.288 e. The zero-order valence-electron chi connectivity index (χ0n) is 17.2. The largest absolute Gasteiger partial charge is 0.372 e. The van der Waals surface area contributed by atoms with Gasteiger partial charge in [0.25, 0.3) is 5.91 Å². The number of nitrogens with one attached hydrogen (secondary N) is 2. The molecule has 0 aliphatic carbocycles. The number of nitrogens with zero attached hydrogens (tertiary/aromatic N) is 2. The molecule has 2 N–H and O–H groups in total. The van der Waals surface area contributed by atoms with E-state index in [0.717, 1.165) is 40.7 Å². The van der Waals surface area contributed by atoms with E-state index < -0.39 is 0 Å². The fraction of sp³-hybridized carbons (Fsp3) is 0.154. The molecule has 0 saturated carbocycles. The van der Waals surface area contributed by atoms with Crippen LogP contribution in [0.25, 0.3) is 22.0 Å². The summed E-state index contributed by atoms with van der Waals surface area (Å²) >= 11 is 0. The zero-order chi connectivity index (χ0) is 21.0. The van der Waals surface area contributed by atoms with E-state index in [0.29, 0.717) is 5.69 Å². The minimum absolute atomic E-state index is 0.264. The first-order valence-corrected chi connectivity index (χ1v) is 10.6. The Morgan fingerprint density at radius 3 is 2.39 bits per heavy atom. The first kappa shape index (κ1) is 19.1. The highest BCUT2D eigenvalue weighted by Gasteiger charge is 2.18. The second kappa shape index (κ2) is 8.48. The van der Waals surface area contributed by atoms with Gasteiger partial charge in [-0.05, 0) is 42.2 Å². The van der Waals surface area contributed by atoms with Crippen LogP contribution in [-0.2, 0) is 0 Å². The third-order valence-electron chi connectivity index (χ3n) is 5.74. The van der Waals surface area contributed by atoms with E-state index in [4.69, 9.17) is 0 Å². The molecule has 1 aliphatic heterocycles. The second-order valence-electron chi connectivity index (χ2n) is 7.77. The predicted octanol–water partition coefficient (Wildman–Crippen LogP) is 5.20. The fourth-order valence-corrected chi connectivity index (χ4v) is 4.18. The molecular formula is C26H24N4O. The lowest BCUT2D eigenvalue weighted by atomic mass is 10.0. The van der Waals surface area contributed by atoms with Crippen LogP contribution in [0.1, 0.15) is 28.9 Å². The van der Waals surface area contributed by atoms with Gasteiger partial charge in [-0.1, -0.05) is 60.7 Å². The average molecular weight is 409 g/mol. The van der Waals surface area contributed by atoms with Crippen LogP contribution in [0.3, 0.4) is 0 Å². The maximum atomic E-state index is 13.0. The number of aromatic nitrogens is 1. The summed E-state index contributed by atoms with van der Waals surface area (Å²) in [6, 6.07) is 26.2. The van der Waals surface area contributed by atoms with Gasteiger partial charge in [0.2, 0.25) is 0 Å². The average Bonchev–Trinajstić information content (AvgIpc) is 3.48. The van der Waals surface area contributed by atoms with E-state index >= 15 is 0 Å². The summed E-state index contributed by atoms with van der Waals surface area (Å²) in [6.45, 7) is 2.25. The minimum atomic E-state index is -0.264. The van der Waals surface area contributed by atoms with Gasteiger partial charge < -0.3 is 9.88 Å². The lowest BCUT2D eigenvalue weighted by Gasteiger charge is -2.17. The van der Waals surface area contributed by atoms with Crippen LogP contribution >= 0.6 is 0 Å². The molecule has 0 atom stereocenters. The van der Waals surface area contributed by atoms with Gasteiger partial charge in [-0.3, -0.25) is 4.79 Å². The number of carbonyl (C=O) groups excluding carboxylic acids is 1. The normalized spacial score (nSPS) is 13.9. The Kier molecular flexibility index (Phi) is 5.23. The van der Waals surface area contributed by atoms with Crippen LogP contribution in [0.5, 0.6) is 0 Å². The first-order chi connectivity index (χ1) is 15.3. The number of benzene rings is 3. The molecule has 3 aromatic carbocycles. The molecule has 0 bridgehead atoms. The highest BCUT2D eigenvalue weighted by Crippen LogP contribution is 2.32. The Morgan fingerprint density at radius 1 is 0.903 bits per heavy atom. The lowest BCUT2D eigenvalue weighted by Crippen LogP contribution is -2.19. The standard InChI is InChI=1S/C26H24N4O/c31-26(29-27-18-19-12-14-21(15-13-19)30-16-6-7-17-30)25-24(20-8-2-1-3-9-20)22-10-4-5-11-23(22)28-25/h1-5,8-15,18,28H,6-7,16-17H2,(H,29,31)/b27-18-. The van der Waals surface area contributed by atoms with Crippen molar-refractivity contribution in [1.82, 2.24) is 10.4 Å². The lowest BCUT2D eigenvalue weighted by molar-refractivity contribution is 0.0951. The van der Waals surface area contributed by atoms with Gasteiger partial charge >= 0.3 is 0 Å².